The van der Waals surface area contributed by atoms with Crippen molar-refractivity contribution in [2.45, 2.75) is 31.6 Å². The molecule has 2 rings (SSSR count). The van der Waals surface area contributed by atoms with Gasteiger partial charge in [0.15, 0.2) is 0 Å². The van der Waals surface area contributed by atoms with Crippen LogP contribution in [0.5, 0.6) is 0 Å². The first-order valence-electron chi connectivity index (χ1n) is 6.77. The van der Waals surface area contributed by atoms with Gasteiger partial charge in [-0.15, -0.1) is 0 Å². The molecule has 0 aromatic heterocycles. The molecule has 0 amide bonds. The predicted molar refractivity (Wildman–Crippen MR) is 76.7 cm³/mol. The molecule has 2 N–H and O–H groups in total. The number of sulfonamides is 1. The number of rotatable bonds is 5. The molecule has 19 heavy (non-hydrogen) atoms. The monoisotopic (exact) mass is 282 g/mol. The molecular weight excluding hydrogens is 260 g/mol. The molecule has 0 saturated carbocycles. The summed E-state index contributed by atoms with van der Waals surface area (Å²) in [6.45, 7) is 6.48. The van der Waals surface area contributed by atoms with E-state index in [1.165, 1.54) is 0 Å². The van der Waals surface area contributed by atoms with Gasteiger partial charge in [-0.1, -0.05) is 6.07 Å². The van der Waals surface area contributed by atoms with Gasteiger partial charge in [0.2, 0.25) is 10.0 Å². The Balaban J connectivity index is 1.95. The van der Waals surface area contributed by atoms with Crippen LogP contribution in [0.2, 0.25) is 0 Å². The third-order valence-electron chi connectivity index (χ3n) is 3.80. The lowest BCUT2D eigenvalue weighted by molar-refractivity contribution is 0.519. The van der Waals surface area contributed by atoms with Crippen LogP contribution in [0.4, 0.5) is 0 Å². The Hall–Kier alpha value is -0.910. The van der Waals surface area contributed by atoms with Gasteiger partial charge in [-0.2, -0.15) is 0 Å². The van der Waals surface area contributed by atoms with Crippen molar-refractivity contribution >= 4 is 10.0 Å². The third kappa shape index (κ3) is 3.78. The standard InChI is InChI=1S/C14H22N2O2S/c1-11-3-4-14(9-12(11)2)19(17,18)16-8-6-13-5-7-15-10-13/h3-4,9,13,15-16H,5-8,10H2,1-2H3/t13-/m1/s1. The van der Waals surface area contributed by atoms with Crippen molar-refractivity contribution in [3.63, 3.8) is 0 Å². The van der Waals surface area contributed by atoms with Crippen molar-refractivity contribution in [3.05, 3.63) is 29.3 Å². The molecule has 4 nitrogen and oxygen atoms in total. The highest BCUT2D eigenvalue weighted by molar-refractivity contribution is 7.89. The van der Waals surface area contributed by atoms with E-state index in [9.17, 15) is 8.42 Å². The van der Waals surface area contributed by atoms with Crippen LogP contribution >= 0.6 is 0 Å². The van der Waals surface area contributed by atoms with Crippen LogP contribution in [-0.4, -0.2) is 28.1 Å². The van der Waals surface area contributed by atoms with Crippen LogP contribution in [0.1, 0.15) is 24.0 Å². The summed E-state index contributed by atoms with van der Waals surface area (Å²) in [4.78, 5) is 0.361. The minimum Gasteiger partial charge on any atom is -0.316 e. The number of hydrogen-bond acceptors (Lipinski definition) is 3. The third-order valence-corrected chi connectivity index (χ3v) is 5.25. The molecule has 5 heteroatoms. The summed E-state index contributed by atoms with van der Waals surface area (Å²) in [5.41, 5.74) is 2.11. The van der Waals surface area contributed by atoms with Gasteiger partial charge in [-0.25, -0.2) is 13.1 Å². The maximum Gasteiger partial charge on any atom is 0.240 e. The van der Waals surface area contributed by atoms with Gasteiger partial charge in [-0.05, 0) is 69.0 Å². The zero-order valence-electron chi connectivity index (χ0n) is 11.6. The van der Waals surface area contributed by atoms with Crippen molar-refractivity contribution in [2.75, 3.05) is 19.6 Å². The molecule has 0 spiro atoms. The molecule has 1 atom stereocenters. The van der Waals surface area contributed by atoms with Gasteiger partial charge < -0.3 is 5.32 Å². The van der Waals surface area contributed by atoms with Gasteiger partial charge in [0.25, 0.3) is 0 Å². The second kappa shape index (κ2) is 6.03. The lowest BCUT2D eigenvalue weighted by Crippen LogP contribution is -2.26. The Morgan fingerprint density at radius 2 is 2.11 bits per heavy atom. The van der Waals surface area contributed by atoms with Crippen molar-refractivity contribution in [3.8, 4) is 0 Å². The van der Waals surface area contributed by atoms with Crippen LogP contribution in [0.25, 0.3) is 0 Å². The topological polar surface area (TPSA) is 58.2 Å². The van der Waals surface area contributed by atoms with E-state index >= 15 is 0 Å². The summed E-state index contributed by atoms with van der Waals surface area (Å²) < 4.78 is 27.0. The fraction of sp³-hybridized carbons (Fsp3) is 0.571. The Bertz CT molecular complexity index is 534. The zero-order chi connectivity index (χ0) is 13.9. The highest BCUT2D eigenvalue weighted by atomic mass is 32.2. The van der Waals surface area contributed by atoms with Gasteiger partial charge in [0.05, 0.1) is 4.90 Å². The van der Waals surface area contributed by atoms with E-state index in [0.717, 1.165) is 37.1 Å². The summed E-state index contributed by atoms with van der Waals surface area (Å²) in [6, 6.07) is 5.25. The van der Waals surface area contributed by atoms with Gasteiger partial charge in [0.1, 0.15) is 0 Å². The fourth-order valence-corrected chi connectivity index (χ4v) is 3.46. The van der Waals surface area contributed by atoms with E-state index in [1.807, 2.05) is 19.9 Å². The Labute approximate surface area is 115 Å². The number of aryl methyl sites for hydroxylation is 2. The summed E-state index contributed by atoms with van der Waals surface area (Å²) >= 11 is 0. The van der Waals surface area contributed by atoms with E-state index in [2.05, 4.69) is 10.0 Å². The molecule has 1 aromatic carbocycles. The first kappa shape index (κ1) is 14.5. The van der Waals surface area contributed by atoms with E-state index in [-0.39, 0.29) is 0 Å². The molecule has 0 unspecified atom stereocenters. The summed E-state index contributed by atoms with van der Waals surface area (Å²) in [5, 5.41) is 3.29. The van der Waals surface area contributed by atoms with Crippen LogP contribution in [0.3, 0.4) is 0 Å². The smallest absolute Gasteiger partial charge is 0.240 e. The first-order chi connectivity index (χ1) is 8.99. The summed E-state index contributed by atoms with van der Waals surface area (Å²) in [7, 11) is -3.36. The van der Waals surface area contributed by atoms with Crippen LogP contribution in [0.15, 0.2) is 23.1 Å². The predicted octanol–water partition coefficient (Wildman–Crippen LogP) is 1.58. The maximum atomic E-state index is 12.1. The largest absolute Gasteiger partial charge is 0.316 e. The summed E-state index contributed by atoms with van der Waals surface area (Å²) in [6.07, 6.45) is 2.04. The second-order valence-corrected chi connectivity index (χ2v) is 7.06. The van der Waals surface area contributed by atoms with E-state index in [0.29, 0.717) is 17.4 Å². The molecule has 1 heterocycles. The molecule has 0 aliphatic carbocycles. The second-order valence-electron chi connectivity index (χ2n) is 5.29. The summed E-state index contributed by atoms with van der Waals surface area (Å²) in [5.74, 6) is 0.599. The number of benzene rings is 1. The molecule has 106 valence electrons. The molecule has 0 radical (unpaired) electrons. The van der Waals surface area contributed by atoms with Crippen LogP contribution in [-0.2, 0) is 10.0 Å². The number of nitrogens with one attached hydrogen (secondary N) is 2. The minimum absolute atomic E-state index is 0.361. The molecule has 1 saturated heterocycles. The maximum absolute atomic E-state index is 12.1. The lowest BCUT2D eigenvalue weighted by Gasteiger charge is -2.11. The van der Waals surface area contributed by atoms with Gasteiger partial charge in [-0.3, -0.25) is 0 Å². The van der Waals surface area contributed by atoms with Gasteiger partial charge >= 0.3 is 0 Å². The van der Waals surface area contributed by atoms with Crippen LogP contribution in [0, 0.1) is 19.8 Å². The zero-order valence-corrected chi connectivity index (χ0v) is 12.4. The highest BCUT2D eigenvalue weighted by Crippen LogP contribution is 2.15. The molecule has 1 aliphatic rings. The van der Waals surface area contributed by atoms with Crippen molar-refractivity contribution < 1.29 is 8.42 Å². The normalized spacial score (nSPS) is 19.8. The van der Waals surface area contributed by atoms with Crippen molar-refractivity contribution in [1.82, 2.24) is 10.0 Å². The van der Waals surface area contributed by atoms with E-state index in [4.69, 9.17) is 0 Å². The van der Waals surface area contributed by atoms with Gasteiger partial charge in [0, 0.05) is 6.54 Å². The molecule has 0 bridgehead atoms. The SMILES string of the molecule is Cc1ccc(S(=O)(=O)NCC[C@H]2CCNC2)cc1C. The molecule has 1 fully saturated rings. The highest BCUT2D eigenvalue weighted by Gasteiger charge is 2.17. The Morgan fingerprint density at radius 3 is 2.74 bits per heavy atom. The quantitative estimate of drug-likeness (QED) is 0.862. The molecule has 1 aliphatic heterocycles. The lowest BCUT2D eigenvalue weighted by atomic mass is 10.1. The minimum atomic E-state index is -3.36. The Kier molecular flexibility index (Phi) is 4.60. The van der Waals surface area contributed by atoms with Crippen LogP contribution < -0.4 is 10.0 Å². The number of hydrogen-bond donors (Lipinski definition) is 2. The average Bonchev–Trinajstić information content (AvgIpc) is 2.85. The first-order valence-corrected chi connectivity index (χ1v) is 8.25. The molecule has 1 aromatic rings. The molecular formula is C14H22N2O2S. The fourth-order valence-electron chi connectivity index (χ4n) is 2.32. The van der Waals surface area contributed by atoms with E-state index < -0.39 is 10.0 Å². The van der Waals surface area contributed by atoms with Crippen molar-refractivity contribution in [2.24, 2.45) is 5.92 Å². The Morgan fingerprint density at radius 1 is 1.32 bits per heavy atom. The average molecular weight is 282 g/mol. The van der Waals surface area contributed by atoms with E-state index in [1.54, 1.807) is 12.1 Å². The van der Waals surface area contributed by atoms with Crippen molar-refractivity contribution in [1.29, 1.82) is 0 Å².